The van der Waals surface area contributed by atoms with Crippen molar-refractivity contribution in [3.05, 3.63) is 53.3 Å². The maximum Gasteiger partial charge on any atom is 0.309 e. The predicted octanol–water partition coefficient (Wildman–Crippen LogP) is 1.86. The Kier molecular flexibility index (Phi) is 6.71. The summed E-state index contributed by atoms with van der Waals surface area (Å²) in [6.07, 6.45) is 1.65. The number of carbonyl (C=O) groups is 3. The number of rotatable bonds is 7. The number of carboxylic acids is 1. The van der Waals surface area contributed by atoms with Crippen LogP contribution in [0.1, 0.15) is 26.4 Å². The van der Waals surface area contributed by atoms with Gasteiger partial charge in [0.2, 0.25) is 0 Å². The minimum atomic E-state index is -1.06. The molecule has 29 heavy (non-hydrogen) atoms. The summed E-state index contributed by atoms with van der Waals surface area (Å²) in [7, 11) is 0. The minimum absolute atomic E-state index is 0.0600. The number of hydrogen-bond donors (Lipinski definition) is 2. The maximum atomic E-state index is 13.1. The van der Waals surface area contributed by atoms with E-state index >= 15 is 0 Å². The van der Waals surface area contributed by atoms with Gasteiger partial charge in [0.15, 0.2) is 6.29 Å². The summed E-state index contributed by atoms with van der Waals surface area (Å²) in [6, 6.07) is 7.46. The van der Waals surface area contributed by atoms with Crippen LogP contribution in [0.2, 0.25) is 0 Å². The molecular weight excluding hydrogens is 396 g/mol. The van der Waals surface area contributed by atoms with Crippen LogP contribution in [0.15, 0.2) is 36.5 Å². The molecule has 2 N–H and O–H groups in total. The van der Waals surface area contributed by atoms with Crippen molar-refractivity contribution in [2.75, 3.05) is 24.7 Å². The SMILES string of the molecule is O=Cc1c(O)cccc1OC[C@H]1CSCCN1C(=O)c1cccnc1CC(=O)O. The number of nitrogens with zero attached hydrogens (tertiary/aromatic N) is 2. The number of aromatic hydroxyl groups is 1. The van der Waals surface area contributed by atoms with E-state index in [0.717, 1.165) is 5.75 Å². The summed E-state index contributed by atoms with van der Waals surface area (Å²) in [5.74, 6) is 0.109. The molecule has 0 spiro atoms. The molecule has 1 saturated heterocycles. The fourth-order valence-corrected chi connectivity index (χ4v) is 4.14. The number of thioether (sulfide) groups is 1. The van der Waals surface area contributed by atoms with Crippen molar-refractivity contribution in [3.63, 3.8) is 0 Å². The molecule has 2 aromatic rings. The number of aromatic nitrogens is 1. The van der Waals surface area contributed by atoms with E-state index in [-0.39, 0.29) is 53.3 Å². The molecular formula is C20H20N2O6S. The lowest BCUT2D eigenvalue weighted by Gasteiger charge is -2.35. The molecule has 1 atom stereocenters. The highest BCUT2D eigenvalue weighted by molar-refractivity contribution is 7.99. The Bertz CT molecular complexity index is 920. The first-order valence-corrected chi connectivity index (χ1v) is 10.1. The predicted molar refractivity (Wildman–Crippen MR) is 107 cm³/mol. The third-order valence-electron chi connectivity index (χ3n) is 4.52. The monoisotopic (exact) mass is 416 g/mol. The second kappa shape index (κ2) is 9.42. The highest BCUT2D eigenvalue weighted by Gasteiger charge is 2.30. The topological polar surface area (TPSA) is 117 Å². The number of ether oxygens (including phenoxy) is 1. The first-order valence-electron chi connectivity index (χ1n) is 8.95. The van der Waals surface area contributed by atoms with E-state index in [1.807, 2.05) is 0 Å². The molecule has 1 fully saturated rings. The number of hydrogen-bond acceptors (Lipinski definition) is 7. The summed E-state index contributed by atoms with van der Waals surface area (Å²) in [6.45, 7) is 0.622. The van der Waals surface area contributed by atoms with Gasteiger partial charge in [0.05, 0.1) is 29.3 Å². The van der Waals surface area contributed by atoms with Gasteiger partial charge in [-0.1, -0.05) is 6.07 Å². The lowest BCUT2D eigenvalue weighted by Crippen LogP contribution is -2.49. The quantitative estimate of drug-likeness (QED) is 0.657. The molecule has 8 nitrogen and oxygen atoms in total. The van der Waals surface area contributed by atoms with Crippen molar-refractivity contribution in [3.8, 4) is 11.5 Å². The van der Waals surface area contributed by atoms with Crippen molar-refractivity contribution >= 4 is 29.9 Å². The third kappa shape index (κ3) is 4.86. The first kappa shape index (κ1) is 20.7. The van der Waals surface area contributed by atoms with Crippen LogP contribution < -0.4 is 4.74 Å². The van der Waals surface area contributed by atoms with Crippen LogP contribution in [0.25, 0.3) is 0 Å². The molecule has 0 saturated carbocycles. The molecule has 9 heteroatoms. The Morgan fingerprint density at radius 2 is 2.14 bits per heavy atom. The molecule has 0 radical (unpaired) electrons. The first-order chi connectivity index (χ1) is 14.0. The highest BCUT2D eigenvalue weighted by atomic mass is 32.2. The number of phenolic OH excluding ortho intramolecular Hbond substituents is 1. The van der Waals surface area contributed by atoms with E-state index in [0.29, 0.717) is 18.6 Å². The molecule has 1 aromatic carbocycles. The minimum Gasteiger partial charge on any atom is -0.507 e. The number of carboxylic acid groups (broad SMARTS) is 1. The van der Waals surface area contributed by atoms with Gasteiger partial charge in [-0.2, -0.15) is 11.8 Å². The molecule has 1 aromatic heterocycles. The summed E-state index contributed by atoms with van der Waals surface area (Å²) in [5.41, 5.74) is 0.543. The second-order valence-corrected chi connectivity index (χ2v) is 7.56. The highest BCUT2D eigenvalue weighted by Crippen LogP contribution is 2.27. The van der Waals surface area contributed by atoms with E-state index in [2.05, 4.69) is 4.98 Å². The normalized spacial score (nSPS) is 16.3. The van der Waals surface area contributed by atoms with Gasteiger partial charge in [0, 0.05) is 24.2 Å². The Morgan fingerprint density at radius 3 is 2.90 bits per heavy atom. The van der Waals surface area contributed by atoms with Crippen LogP contribution in [0, 0.1) is 0 Å². The van der Waals surface area contributed by atoms with Gasteiger partial charge in [0.1, 0.15) is 18.1 Å². The standard InChI is InChI=1S/C20H20N2O6S/c23-10-15-17(24)4-1-5-18(15)28-11-13-12-29-8-7-22(13)20(27)14-3-2-6-21-16(14)9-19(25)26/h1-6,10,13,24H,7-9,11-12H2,(H,25,26)/t13-/m0/s1. The van der Waals surface area contributed by atoms with Gasteiger partial charge in [-0.25, -0.2) is 0 Å². The largest absolute Gasteiger partial charge is 0.507 e. The smallest absolute Gasteiger partial charge is 0.309 e. The zero-order valence-corrected chi connectivity index (χ0v) is 16.3. The van der Waals surface area contributed by atoms with Crippen LogP contribution in [0.3, 0.4) is 0 Å². The number of pyridine rings is 1. The van der Waals surface area contributed by atoms with Gasteiger partial charge in [0.25, 0.3) is 5.91 Å². The average Bonchev–Trinajstić information content (AvgIpc) is 2.72. The van der Waals surface area contributed by atoms with Crippen molar-refractivity contribution in [2.24, 2.45) is 0 Å². The number of aliphatic carboxylic acids is 1. The third-order valence-corrected chi connectivity index (χ3v) is 5.61. The molecule has 1 aliphatic heterocycles. The van der Waals surface area contributed by atoms with Gasteiger partial charge < -0.3 is 19.8 Å². The molecule has 0 aliphatic carbocycles. The Morgan fingerprint density at radius 1 is 1.31 bits per heavy atom. The average molecular weight is 416 g/mol. The lowest BCUT2D eigenvalue weighted by atomic mass is 10.1. The molecule has 1 amide bonds. The molecule has 0 bridgehead atoms. The Labute approximate surface area is 171 Å². The Balaban J connectivity index is 1.78. The van der Waals surface area contributed by atoms with E-state index in [1.165, 1.54) is 12.3 Å². The van der Waals surface area contributed by atoms with E-state index in [4.69, 9.17) is 9.84 Å². The lowest BCUT2D eigenvalue weighted by molar-refractivity contribution is -0.136. The number of phenols is 1. The van der Waals surface area contributed by atoms with Crippen molar-refractivity contribution in [1.29, 1.82) is 0 Å². The number of carbonyl (C=O) groups excluding carboxylic acids is 2. The molecule has 3 rings (SSSR count). The van der Waals surface area contributed by atoms with Crippen molar-refractivity contribution in [2.45, 2.75) is 12.5 Å². The van der Waals surface area contributed by atoms with Gasteiger partial charge in [-0.05, 0) is 24.3 Å². The van der Waals surface area contributed by atoms with Crippen LogP contribution in [-0.2, 0) is 11.2 Å². The fourth-order valence-electron chi connectivity index (χ4n) is 3.09. The van der Waals surface area contributed by atoms with Crippen LogP contribution in [-0.4, -0.2) is 69.0 Å². The summed E-state index contributed by atoms with van der Waals surface area (Å²) < 4.78 is 5.75. The van der Waals surface area contributed by atoms with E-state index in [9.17, 15) is 19.5 Å². The van der Waals surface area contributed by atoms with Crippen LogP contribution >= 0.6 is 11.8 Å². The number of amides is 1. The summed E-state index contributed by atoms with van der Waals surface area (Å²) in [5, 5.41) is 18.9. The number of aldehydes is 1. The maximum absolute atomic E-state index is 13.1. The summed E-state index contributed by atoms with van der Waals surface area (Å²) >= 11 is 1.68. The molecule has 1 aliphatic rings. The molecule has 152 valence electrons. The van der Waals surface area contributed by atoms with E-state index < -0.39 is 5.97 Å². The number of benzene rings is 1. The van der Waals surface area contributed by atoms with Crippen LogP contribution in [0.5, 0.6) is 11.5 Å². The van der Waals surface area contributed by atoms with Crippen molar-refractivity contribution in [1.82, 2.24) is 9.88 Å². The zero-order chi connectivity index (χ0) is 20.8. The summed E-state index contributed by atoms with van der Waals surface area (Å²) in [4.78, 5) is 41.2. The second-order valence-electron chi connectivity index (χ2n) is 6.41. The van der Waals surface area contributed by atoms with E-state index in [1.54, 1.807) is 40.9 Å². The zero-order valence-electron chi connectivity index (χ0n) is 15.5. The van der Waals surface area contributed by atoms with Gasteiger partial charge in [-0.3, -0.25) is 19.4 Å². The van der Waals surface area contributed by atoms with Crippen molar-refractivity contribution < 1.29 is 29.3 Å². The van der Waals surface area contributed by atoms with Crippen LogP contribution in [0.4, 0.5) is 0 Å². The molecule has 0 unspecified atom stereocenters. The van der Waals surface area contributed by atoms with Gasteiger partial charge >= 0.3 is 5.97 Å². The van der Waals surface area contributed by atoms with Gasteiger partial charge in [-0.15, -0.1) is 0 Å². The fraction of sp³-hybridized carbons (Fsp3) is 0.300. The molecule has 2 heterocycles. The Hall–Kier alpha value is -3.07.